The lowest BCUT2D eigenvalue weighted by Gasteiger charge is -2.14. The fourth-order valence-electron chi connectivity index (χ4n) is 2.72. The highest BCUT2D eigenvalue weighted by molar-refractivity contribution is 7.82. The second-order valence-corrected chi connectivity index (χ2v) is 5.80. The van der Waals surface area contributed by atoms with Crippen LogP contribution >= 0.6 is 12.8 Å². The molecule has 0 atom stereocenters. The van der Waals surface area contributed by atoms with E-state index in [0.717, 1.165) is 10.7 Å². The van der Waals surface area contributed by atoms with E-state index in [1.54, 1.807) is 0 Å². The predicted octanol–water partition coefficient (Wildman–Crippen LogP) is 3.05. The zero-order valence-corrected chi connectivity index (χ0v) is 12.9. The highest BCUT2D eigenvalue weighted by atomic mass is 32.1. The highest BCUT2D eigenvalue weighted by Crippen LogP contribution is 2.40. The fourth-order valence-corrected chi connectivity index (χ4v) is 2.85. The third-order valence-electron chi connectivity index (χ3n) is 3.82. The first kappa shape index (κ1) is 13.8. The summed E-state index contributed by atoms with van der Waals surface area (Å²) in [7, 11) is 4.07. The van der Waals surface area contributed by atoms with Crippen molar-refractivity contribution in [2.45, 2.75) is 6.42 Å². The van der Waals surface area contributed by atoms with Crippen molar-refractivity contribution in [3.63, 3.8) is 0 Å². The smallest absolute Gasteiger partial charge is 0.329 e. The van der Waals surface area contributed by atoms with Gasteiger partial charge in [-0.05, 0) is 52.9 Å². The monoisotopic (exact) mass is 299 g/mol. The van der Waals surface area contributed by atoms with Crippen LogP contribution in [0.1, 0.15) is 11.1 Å². The third-order valence-corrected chi connectivity index (χ3v) is 4.25. The Labute approximate surface area is 129 Å². The van der Waals surface area contributed by atoms with Gasteiger partial charge in [0.1, 0.15) is 0 Å². The quantitative estimate of drug-likeness (QED) is 0.715. The first-order valence-electron chi connectivity index (χ1n) is 6.69. The largest absolute Gasteiger partial charge is 0.378 e. The summed E-state index contributed by atoms with van der Waals surface area (Å²) in [6.07, 6.45) is 0.862. The van der Waals surface area contributed by atoms with Gasteiger partial charge in [0.25, 0.3) is 0 Å². The zero-order chi connectivity index (χ0) is 15.1. The Morgan fingerprint density at radius 1 is 1.05 bits per heavy atom. The van der Waals surface area contributed by atoms with Gasteiger partial charge in [-0.15, -0.1) is 0 Å². The predicted molar refractivity (Wildman–Crippen MR) is 90.1 cm³/mol. The zero-order valence-electron chi connectivity index (χ0n) is 12.0. The van der Waals surface area contributed by atoms with Gasteiger partial charge in [0.2, 0.25) is 0 Å². The van der Waals surface area contributed by atoms with Gasteiger partial charge in [0.15, 0.2) is 0 Å². The van der Waals surface area contributed by atoms with Crippen molar-refractivity contribution in [2.75, 3.05) is 23.3 Å². The number of nitrogens with zero attached hydrogens (tertiary/aromatic N) is 2. The van der Waals surface area contributed by atoms with Crippen molar-refractivity contribution in [3.05, 3.63) is 47.5 Å². The number of carbonyl (C=O) groups is 1. The van der Waals surface area contributed by atoms with Crippen LogP contribution in [0.15, 0.2) is 36.4 Å². The number of anilines is 2. The molecule has 2 aromatic carbocycles. The molecule has 0 bridgehead atoms. The molecule has 0 fully saturated rings. The number of hydrogen-bond donors (Lipinski definition) is 2. The SMILES string of the molecule is CN(C)c1ccc2c(c1)Cc1cc(N(S)C(N)=O)ccc1-2. The van der Waals surface area contributed by atoms with Gasteiger partial charge < -0.3 is 10.6 Å². The van der Waals surface area contributed by atoms with Gasteiger partial charge in [0, 0.05) is 19.8 Å². The molecule has 0 radical (unpaired) electrons. The molecule has 0 aliphatic heterocycles. The lowest BCUT2D eigenvalue weighted by molar-refractivity contribution is 0.257. The van der Waals surface area contributed by atoms with Gasteiger partial charge in [-0.2, -0.15) is 0 Å². The molecule has 0 spiro atoms. The maximum Gasteiger partial charge on any atom is 0.329 e. The molecule has 5 heteroatoms. The highest BCUT2D eigenvalue weighted by Gasteiger charge is 2.20. The number of primary amides is 1. The minimum Gasteiger partial charge on any atom is -0.378 e. The number of rotatable bonds is 2. The van der Waals surface area contributed by atoms with E-state index in [2.05, 4.69) is 35.9 Å². The van der Waals surface area contributed by atoms with E-state index in [0.29, 0.717) is 5.69 Å². The summed E-state index contributed by atoms with van der Waals surface area (Å²) in [6, 6.07) is 11.8. The van der Waals surface area contributed by atoms with Crippen LogP contribution in [0.5, 0.6) is 0 Å². The fraction of sp³-hybridized carbons (Fsp3) is 0.188. The van der Waals surface area contributed by atoms with Crippen molar-refractivity contribution in [1.82, 2.24) is 0 Å². The molecule has 0 aromatic heterocycles. The molecule has 3 rings (SSSR count). The lowest BCUT2D eigenvalue weighted by Crippen LogP contribution is -2.27. The number of amides is 2. The summed E-state index contributed by atoms with van der Waals surface area (Å²) in [5.74, 6) is 0. The normalized spacial score (nSPS) is 11.8. The van der Waals surface area contributed by atoms with Crippen LogP contribution < -0.4 is 14.9 Å². The van der Waals surface area contributed by atoms with E-state index in [9.17, 15) is 4.79 Å². The minimum atomic E-state index is -0.580. The topological polar surface area (TPSA) is 49.6 Å². The molecule has 0 saturated heterocycles. The molecule has 0 unspecified atom stereocenters. The Bertz CT molecular complexity index is 727. The number of benzene rings is 2. The van der Waals surface area contributed by atoms with E-state index in [1.165, 1.54) is 27.9 Å². The molecule has 108 valence electrons. The van der Waals surface area contributed by atoms with Gasteiger partial charge in [-0.3, -0.25) is 0 Å². The van der Waals surface area contributed by atoms with Crippen molar-refractivity contribution < 1.29 is 4.79 Å². The number of nitrogens with two attached hydrogens (primary N) is 1. The molecular weight excluding hydrogens is 282 g/mol. The summed E-state index contributed by atoms with van der Waals surface area (Å²) in [6.45, 7) is 0. The van der Waals surface area contributed by atoms with Crippen LogP contribution in [0, 0.1) is 0 Å². The molecule has 2 aromatic rings. The Balaban J connectivity index is 2.01. The molecule has 0 saturated carbocycles. The van der Waals surface area contributed by atoms with Crippen LogP contribution in [0.3, 0.4) is 0 Å². The Hall–Kier alpha value is -2.14. The van der Waals surface area contributed by atoms with Crippen LogP contribution in [0.4, 0.5) is 16.2 Å². The Morgan fingerprint density at radius 3 is 2.10 bits per heavy atom. The van der Waals surface area contributed by atoms with E-state index in [1.807, 2.05) is 32.3 Å². The Kier molecular flexibility index (Phi) is 3.29. The van der Waals surface area contributed by atoms with E-state index >= 15 is 0 Å². The first-order chi connectivity index (χ1) is 9.97. The number of urea groups is 1. The molecular formula is C16H17N3OS. The van der Waals surface area contributed by atoms with E-state index in [-0.39, 0.29) is 0 Å². The van der Waals surface area contributed by atoms with Crippen molar-refractivity contribution in [1.29, 1.82) is 0 Å². The number of fused-ring (bicyclic) bond motifs is 3. The maximum atomic E-state index is 11.2. The van der Waals surface area contributed by atoms with Crippen molar-refractivity contribution in [3.8, 4) is 11.1 Å². The molecule has 2 N–H and O–H groups in total. The number of hydrogen-bond acceptors (Lipinski definition) is 3. The lowest BCUT2D eigenvalue weighted by atomic mass is 10.0. The van der Waals surface area contributed by atoms with Gasteiger partial charge in [0.05, 0.1) is 5.69 Å². The standard InChI is InChI=1S/C16H17N3OS/c1-18(2)12-3-5-14-10(8-12)7-11-9-13(4-6-15(11)14)19(21)16(17)20/h3-6,8-9,21H,7H2,1-2H3,(H2,17,20). The molecule has 2 amide bonds. The van der Waals surface area contributed by atoms with Crippen LogP contribution in [0.2, 0.25) is 0 Å². The molecule has 4 nitrogen and oxygen atoms in total. The summed E-state index contributed by atoms with van der Waals surface area (Å²) in [5.41, 5.74) is 12.1. The summed E-state index contributed by atoms with van der Waals surface area (Å²) in [5, 5.41) is 0. The van der Waals surface area contributed by atoms with Crippen molar-refractivity contribution in [2.24, 2.45) is 5.73 Å². The van der Waals surface area contributed by atoms with Gasteiger partial charge in [-0.25, -0.2) is 9.10 Å². The average Bonchev–Trinajstić information content (AvgIpc) is 2.82. The molecule has 1 aliphatic carbocycles. The average molecular weight is 299 g/mol. The molecule has 21 heavy (non-hydrogen) atoms. The van der Waals surface area contributed by atoms with Crippen LogP contribution in [-0.2, 0) is 6.42 Å². The van der Waals surface area contributed by atoms with Crippen LogP contribution in [-0.4, -0.2) is 20.1 Å². The second kappa shape index (κ2) is 5.00. The number of thiol groups is 1. The van der Waals surface area contributed by atoms with E-state index < -0.39 is 6.03 Å². The third kappa shape index (κ3) is 2.34. The van der Waals surface area contributed by atoms with Crippen molar-refractivity contribution >= 4 is 30.2 Å². The molecule has 1 aliphatic rings. The summed E-state index contributed by atoms with van der Waals surface area (Å²) < 4.78 is 1.16. The van der Waals surface area contributed by atoms with E-state index in [4.69, 9.17) is 5.73 Å². The minimum absolute atomic E-state index is 0.580. The maximum absolute atomic E-state index is 11.2. The van der Waals surface area contributed by atoms with Gasteiger partial charge >= 0.3 is 6.03 Å². The number of carbonyl (C=O) groups excluding carboxylic acids is 1. The first-order valence-corrected chi connectivity index (χ1v) is 7.09. The molecule has 0 heterocycles. The van der Waals surface area contributed by atoms with Gasteiger partial charge in [-0.1, -0.05) is 24.9 Å². The summed E-state index contributed by atoms with van der Waals surface area (Å²) in [4.78, 5) is 13.3. The van der Waals surface area contributed by atoms with Crippen LogP contribution in [0.25, 0.3) is 11.1 Å². The summed E-state index contributed by atoms with van der Waals surface area (Å²) >= 11 is 4.11. The Morgan fingerprint density at radius 2 is 1.57 bits per heavy atom. The second-order valence-electron chi connectivity index (χ2n) is 5.40.